The summed E-state index contributed by atoms with van der Waals surface area (Å²) in [5.41, 5.74) is 0.316. The molecule has 0 aromatic carbocycles. The quantitative estimate of drug-likeness (QED) is 0.411. The average Bonchev–Trinajstić information content (AvgIpc) is 2.26. The van der Waals surface area contributed by atoms with Crippen molar-refractivity contribution in [3.05, 3.63) is 34.3 Å². The van der Waals surface area contributed by atoms with E-state index >= 15 is 0 Å². The van der Waals surface area contributed by atoms with Crippen LogP contribution in [0.15, 0.2) is 23.0 Å². The first-order valence-corrected chi connectivity index (χ1v) is 5.34. The van der Waals surface area contributed by atoms with E-state index in [0.29, 0.717) is 5.69 Å². The van der Waals surface area contributed by atoms with Crippen LogP contribution in [0.3, 0.4) is 0 Å². The van der Waals surface area contributed by atoms with Gasteiger partial charge in [0.05, 0.1) is 0 Å². The third kappa shape index (κ3) is 5.02. The van der Waals surface area contributed by atoms with Crippen molar-refractivity contribution in [2.45, 2.75) is 13.8 Å². The summed E-state index contributed by atoms with van der Waals surface area (Å²) in [6.45, 7) is 6.22. The van der Waals surface area contributed by atoms with Crippen molar-refractivity contribution in [1.29, 1.82) is 0 Å². The van der Waals surface area contributed by atoms with Gasteiger partial charge < -0.3 is 15.0 Å². The van der Waals surface area contributed by atoms with Crippen LogP contribution in [0.2, 0.25) is 0 Å². The minimum absolute atomic E-state index is 0.00808. The number of rotatable bonds is 4. The van der Waals surface area contributed by atoms with E-state index in [4.69, 9.17) is 0 Å². The maximum absolute atomic E-state index is 11.4. The predicted molar refractivity (Wildman–Crippen MR) is 67.5 cm³/mol. The molecule has 0 saturated heterocycles. The summed E-state index contributed by atoms with van der Waals surface area (Å²) in [7, 11) is 0. The Morgan fingerprint density at radius 3 is 2.79 bits per heavy atom. The Hall–Kier alpha value is -2.64. The van der Waals surface area contributed by atoms with Gasteiger partial charge in [-0.25, -0.2) is 9.59 Å². The molecule has 0 saturated carbocycles. The van der Waals surface area contributed by atoms with E-state index in [0.717, 1.165) is 0 Å². The molecule has 0 aliphatic rings. The molecule has 0 aliphatic carbocycles. The van der Waals surface area contributed by atoms with E-state index in [2.05, 4.69) is 31.9 Å². The summed E-state index contributed by atoms with van der Waals surface area (Å²) in [6.07, 6.45) is 0. The van der Waals surface area contributed by atoms with Crippen molar-refractivity contribution < 1.29 is 14.3 Å². The third-order valence-electron chi connectivity index (χ3n) is 1.89. The Labute approximate surface area is 108 Å². The number of hydrogen-bond donors (Lipinski definition) is 3. The first kappa shape index (κ1) is 14.4. The van der Waals surface area contributed by atoms with Crippen molar-refractivity contribution >= 4 is 17.9 Å². The number of esters is 1. The Balaban J connectivity index is 2.45. The van der Waals surface area contributed by atoms with Crippen LogP contribution in [-0.4, -0.2) is 28.7 Å². The number of urea groups is 1. The zero-order valence-electron chi connectivity index (χ0n) is 10.6. The van der Waals surface area contributed by atoms with E-state index in [1.54, 1.807) is 6.92 Å². The molecule has 1 heterocycles. The third-order valence-corrected chi connectivity index (χ3v) is 1.89. The Kier molecular flexibility index (Phi) is 4.81. The summed E-state index contributed by atoms with van der Waals surface area (Å²) < 4.78 is 4.66. The van der Waals surface area contributed by atoms with Crippen LogP contribution in [0, 0.1) is 6.92 Å². The van der Waals surface area contributed by atoms with Crippen LogP contribution < -0.4 is 16.2 Å². The van der Waals surface area contributed by atoms with Gasteiger partial charge in [0.25, 0.3) is 5.56 Å². The fourth-order valence-electron chi connectivity index (χ4n) is 1.08. The van der Waals surface area contributed by atoms with Crippen molar-refractivity contribution in [2.24, 2.45) is 0 Å². The zero-order chi connectivity index (χ0) is 14.4. The molecule has 0 unspecified atom stereocenters. The topological polar surface area (TPSA) is 113 Å². The van der Waals surface area contributed by atoms with Crippen molar-refractivity contribution in [3.8, 4) is 0 Å². The molecular weight excluding hydrogens is 252 g/mol. The second-order valence-electron chi connectivity index (χ2n) is 3.74. The molecule has 102 valence electrons. The number of anilines is 1. The number of aromatic nitrogens is 2. The highest BCUT2D eigenvalue weighted by Crippen LogP contribution is 1.95. The van der Waals surface area contributed by atoms with Crippen molar-refractivity contribution in [3.63, 3.8) is 0 Å². The molecule has 1 aromatic heterocycles. The number of ether oxygens (including phenoxy) is 1. The molecule has 3 N–H and O–H groups in total. The van der Waals surface area contributed by atoms with E-state index in [1.807, 2.05) is 0 Å². The normalized spacial score (nSPS) is 9.58. The number of nitrogens with one attached hydrogen (secondary N) is 3. The number of H-pyrrole nitrogens is 1. The summed E-state index contributed by atoms with van der Waals surface area (Å²) >= 11 is 0. The predicted octanol–water partition coefficient (Wildman–Crippen LogP) is 0.277. The summed E-state index contributed by atoms with van der Waals surface area (Å²) in [4.78, 5) is 39.7. The highest BCUT2D eigenvalue weighted by molar-refractivity contribution is 5.88. The molecule has 19 heavy (non-hydrogen) atoms. The van der Waals surface area contributed by atoms with Crippen molar-refractivity contribution in [2.75, 3.05) is 12.0 Å². The number of nitrogens with zero attached hydrogens (tertiary/aromatic N) is 1. The maximum Gasteiger partial charge on any atom is 0.334 e. The number of hydrogen-bond acceptors (Lipinski definition) is 5. The van der Waals surface area contributed by atoms with Gasteiger partial charge in [-0.3, -0.25) is 10.1 Å². The van der Waals surface area contributed by atoms with Gasteiger partial charge >= 0.3 is 12.0 Å². The van der Waals surface area contributed by atoms with Crippen LogP contribution in [-0.2, 0) is 9.53 Å². The van der Waals surface area contributed by atoms with E-state index in [1.165, 1.54) is 13.0 Å². The van der Waals surface area contributed by atoms with Gasteiger partial charge in [-0.1, -0.05) is 6.58 Å². The second-order valence-corrected chi connectivity index (χ2v) is 3.74. The molecule has 8 nitrogen and oxygen atoms in total. The van der Waals surface area contributed by atoms with Gasteiger partial charge in [-0.2, -0.15) is 4.98 Å². The molecule has 1 rings (SSSR count). The standard InChI is InChI=1S/C11H14N4O4/c1-6(2)9(17)19-5-12-11(18)15-10-13-7(3)4-8(16)14-10/h4H,1,5H2,2-3H3,(H3,12,13,14,15,16,18). The Bertz CT molecular complexity index is 564. The maximum atomic E-state index is 11.4. The Morgan fingerprint density at radius 1 is 1.53 bits per heavy atom. The first-order valence-electron chi connectivity index (χ1n) is 5.34. The molecule has 8 heteroatoms. The largest absolute Gasteiger partial charge is 0.441 e. The van der Waals surface area contributed by atoms with Gasteiger partial charge in [-0.05, 0) is 13.8 Å². The molecule has 0 bridgehead atoms. The van der Waals surface area contributed by atoms with E-state index in [9.17, 15) is 14.4 Å². The second kappa shape index (κ2) is 6.34. The molecule has 0 atom stereocenters. The molecule has 0 radical (unpaired) electrons. The number of carbonyl (C=O) groups excluding carboxylic acids is 2. The molecule has 0 spiro atoms. The molecule has 2 amide bonds. The Morgan fingerprint density at radius 2 is 2.21 bits per heavy atom. The minimum Gasteiger partial charge on any atom is -0.441 e. The van der Waals surface area contributed by atoms with E-state index in [-0.39, 0.29) is 18.3 Å². The van der Waals surface area contributed by atoms with Crippen LogP contribution in [0.25, 0.3) is 0 Å². The number of amides is 2. The summed E-state index contributed by atoms with van der Waals surface area (Å²) in [6, 6.07) is 0.626. The fourth-order valence-corrected chi connectivity index (χ4v) is 1.08. The van der Waals surface area contributed by atoms with Gasteiger partial charge in [0.15, 0.2) is 6.73 Å². The van der Waals surface area contributed by atoms with Crippen LogP contribution >= 0.6 is 0 Å². The monoisotopic (exact) mass is 266 g/mol. The minimum atomic E-state index is -0.664. The molecule has 0 aliphatic heterocycles. The van der Waals surface area contributed by atoms with Crippen molar-refractivity contribution in [1.82, 2.24) is 15.3 Å². The fraction of sp³-hybridized carbons (Fsp3) is 0.273. The van der Waals surface area contributed by atoms with Gasteiger partial charge in [0.2, 0.25) is 5.95 Å². The molecular formula is C11H14N4O4. The summed E-state index contributed by atoms with van der Waals surface area (Å²) in [5.74, 6) is -0.601. The number of carbonyl (C=O) groups is 2. The number of aromatic amines is 1. The lowest BCUT2D eigenvalue weighted by atomic mass is 10.4. The van der Waals surface area contributed by atoms with Gasteiger partial charge in [-0.15, -0.1) is 0 Å². The van der Waals surface area contributed by atoms with Crippen LogP contribution in [0.5, 0.6) is 0 Å². The summed E-state index contributed by atoms with van der Waals surface area (Å²) in [5, 5.41) is 4.56. The van der Waals surface area contributed by atoms with Gasteiger partial charge in [0, 0.05) is 17.3 Å². The first-order chi connectivity index (χ1) is 8.88. The van der Waals surface area contributed by atoms with Crippen LogP contribution in [0.4, 0.5) is 10.7 Å². The average molecular weight is 266 g/mol. The van der Waals surface area contributed by atoms with Gasteiger partial charge in [0.1, 0.15) is 0 Å². The lowest BCUT2D eigenvalue weighted by Crippen LogP contribution is -2.33. The SMILES string of the molecule is C=C(C)C(=O)OCNC(=O)Nc1nc(=O)cc(C)[nH]1. The highest BCUT2D eigenvalue weighted by Gasteiger charge is 2.06. The van der Waals surface area contributed by atoms with Crippen LogP contribution in [0.1, 0.15) is 12.6 Å². The van der Waals surface area contributed by atoms with E-state index < -0.39 is 17.6 Å². The number of aryl methyl sites for hydroxylation is 1. The molecule has 0 fully saturated rings. The smallest absolute Gasteiger partial charge is 0.334 e. The molecule has 1 aromatic rings. The lowest BCUT2D eigenvalue weighted by Gasteiger charge is -2.07. The highest BCUT2D eigenvalue weighted by atomic mass is 16.5. The lowest BCUT2D eigenvalue weighted by molar-refractivity contribution is -0.139. The zero-order valence-corrected chi connectivity index (χ0v) is 10.6.